The van der Waals surface area contributed by atoms with E-state index >= 15 is 0 Å². The van der Waals surface area contributed by atoms with Gasteiger partial charge in [-0.3, -0.25) is 0 Å². The first-order chi connectivity index (χ1) is 9.10. The van der Waals surface area contributed by atoms with Crippen LogP contribution in [0.5, 0.6) is 11.6 Å². The number of hydrogen-bond acceptors (Lipinski definition) is 4. The van der Waals surface area contributed by atoms with Crippen LogP contribution in [0.2, 0.25) is 0 Å². The summed E-state index contributed by atoms with van der Waals surface area (Å²) in [4.78, 5) is 7.90. The minimum Gasteiger partial charge on any atom is -0.436 e. The third-order valence-corrected chi connectivity index (χ3v) is 2.47. The average Bonchev–Trinajstić information content (AvgIpc) is 2.37. The molecule has 0 bridgehead atoms. The highest BCUT2D eigenvalue weighted by molar-refractivity contribution is 5.45. The molecule has 2 aromatic rings. The summed E-state index contributed by atoms with van der Waals surface area (Å²) in [5.41, 5.74) is 5.77. The quantitative estimate of drug-likeness (QED) is 0.863. The number of rotatable bonds is 4. The van der Waals surface area contributed by atoms with Crippen molar-refractivity contribution in [2.45, 2.75) is 19.8 Å². The first-order valence-corrected chi connectivity index (χ1v) is 5.83. The van der Waals surface area contributed by atoms with Crippen molar-refractivity contribution in [2.75, 3.05) is 5.73 Å². The summed E-state index contributed by atoms with van der Waals surface area (Å²) >= 11 is 0. The summed E-state index contributed by atoms with van der Waals surface area (Å²) in [6.45, 7) is 2.01. The molecule has 19 heavy (non-hydrogen) atoms. The van der Waals surface area contributed by atoms with Crippen LogP contribution in [-0.2, 0) is 6.42 Å². The molecular weight excluding hydrogens is 252 g/mol. The van der Waals surface area contributed by atoms with Crippen LogP contribution in [0.15, 0.2) is 24.5 Å². The number of hydrogen-bond donors (Lipinski definition) is 1. The van der Waals surface area contributed by atoms with Gasteiger partial charge < -0.3 is 10.5 Å². The van der Waals surface area contributed by atoms with E-state index in [1.165, 1.54) is 6.33 Å². The predicted molar refractivity (Wildman–Crippen MR) is 66.9 cm³/mol. The Hall–Kier alpha value is -2.24. The van der Waals surface area contributed by atoms with Crippen molar-refractivity contribution in [3.05, 3.63) is 41.9 Å². The van der Waals surface area contributed by atoms with Gasteiger partial charge in [0, 0.05) is 23.9 Å². The molecular formula is C13H13F2N3O. The van der Waals surface area contributed by atoms with E-state index in [9.17, 15) is 8.78 Å². The molecule has 2 rings (SSSR count). The number of aryl methyl sites for hydroxylation is 1. The number of nitrogens with zero attached hydrogens (tertiary/aromatic N) is 2. The number of halogens is 2. The minimum atomic E-state index is -0.741. The number of ether oxygens (including phenoxy) is 1. The molecule has 0 saturated carbocycles. The fourth-order valence-electron chi connectivity index (χ4n) is 1.56. The fraction of sp³-hybridized carbons (Fsp3) is 0.231. The first kappa shape index (κ1) is 13.2. The molecule has 0 radical (unpaired) electrons. The summed E-state index contributed by atoms with van der Waals surface area (Å²) in [5.74, 6) is -1.57. The van der Waals surface area contributed by atoms with Gasteiger partial charge in [0.2, 0.25) is 5.88 Å². The third-order valence-electron chi connectivity index (χ3n) is 2.47. The largest absolute Gasteiger partial charge is 0.436 e. The number of benzene rings is 1. The van der Waals surface area contributed by atoms with Gasteiger partial charge in [-0.05, 0) is 6.42 Å². The number of nitrogen functional groups attached to an aromatic ring is 1. The molecule has 0 amide bonds. The molecule has 1 aromatic heterocycles. The number of nitrogens with two attached hydrogens (primary N) is 1. The number of anilines is 1. The molecule has 0 saturated heterocycles. The van der Waals surface area contributed by atoms with Crippen molar-refractivity contribution in [1.29, 1.82) is 0 Å². The lowest BCUT2D eigenvalue weighted by Crippen LogP contribution is -1.98. The molecule has 4 nitrogen and oxygen atoms in total. The fourth-order valence-corrected chi connectivity index (χ4v) is 1.56. The van der Waals surface area contributed by atoms with Crippen LogP contribution in [0.1, 0.15) is 19.0 Å². The second-order valence-corrected chi connectivity index (χ2v) is 4.00. The molecule has 0 aliphatic rings. The molecule has 1 aromatic carbocycles. The van der Waals surface area contributed by atoms with Crippen molar-refractivity contribution in [1.82, 2.24) is 9.97 Å². The van der Waals surface area contributed by atoms with Crippen molar-refractivity contribution < 1.29 is 13.5 Å². The highest BCUT2D eigenvalue weighted by Gasteiger charge is 2.11. The summed E-state index contributed by atoms with van der Waals surface area (Å²) in [6.07, 6.45) is 3.00. The number of aromatic nitrogens is 2. The van der Waals surface area contributed by atoms with Gasteiger partial charge in [0.25, 0.3) is 0 Å². The van der Waals surface area contributed by atoms with Crippen LogP contribution in [0.3, 0.4) is 0 Å². The van der Waals surface area contributed by atoms with Crippen LogP contribution < -0.4 is 10.5 Å². The van der Waals surface area contributed by atoms with Gasteiger partial charge in [0.05, 0.1) is 5.69 Å². The van der Waals surface area contributed by atoms with Crippen molar-refractivity contribution >= 4 is 5.69 Å². The van der Waals surface area contributed by atoms with Crippen molar-refractivity contribution in [3.63, 3.8) is 0 Å². The Kier molecular flexibility index (Phi) is 3.89. The average molecular weight is 265 g/mol. The van der Waals surface area contributed by atoms with Crippen LogP contribution >= 0.6 is 0 Å². The van der Waals surface area contributed by atoms with E-state index in [-0.39, 0.29) is 17.3 Å². The standard InChI is InChI=1S/C13H13F2N3O/c1-2-3-8-4-13(18-7-17-8)19-12-6-9(14)11(16)5-10(12)15/h4-7H,2-3,16H2,1H3. The van der Waals surface area contributed by atoms with E-state index in [1.54, 1.807) is 6.07 Å². The van der Waals surface area contributed by atoms with Gasteiger partial charge in [0.15, 0.2) is 11.6 Å². The monoisotopic (exact) mass is 265 g/mol. The molecule has 0 unspecified atom stereocenters. The Labute approximate surface area is 109 Å². The van der Waals surface area contributed by atoms with E-state index in [0.29, 0.717) is 0 Å². The Bertz CT molecular complexity index is 590. The topological polar surface area (TPSA) is 61.0 Å². The van der Waals surface area contributed by atoms with Crippen molar-refractivity contribution in [3.8, 4) is 11.6 Å². The Morgan fingerprint density at radius 1 is 1.16 bits per heavy atom. The molecule has 0 aliphatic heterocycles. The van der Waals surface area contributed by atoms with E-state index in [4.69, 9.17) is 10.5 Å². The van der Waals surface area contributed by atoms with Crippen LogP contribution in [-0.4, -0.2) is 9.97 Å². The van der Waals surface area contributed by atoms with Gasteiger partial charge in [0.1, 0.15) is 12.1 Å². The SMILES string of the molecule is CCCc1cc(Oc2cc(F)c(N)cc2F)ncn1. The summed E-state index contributed by atoms with van der Waals surface area (Å²) in [7, 11) is 0. The lowest BCUT2D eigenvalue weighted by atomic mass is 10.2. The van der Waals surface area contributed by atoms with Gasteiger partial charge >= 0.3 is 0 Å². The Balaban J connectivity index is 2.25. The van der Waals surface area contributed by atoms with Gasteiger partial charge in [-0.2, -0.15) is 0 Å². The van der Waals surface area contributed by atoms with E-state index in [1.807, 2.05) is 6.92 Å². The van der Waals surface area contributed by atoms with E-state index < -0.39 is 11.6 Å². The highest BCUT2D eigenvalue weighted by atomic mass is 19.1. The van der Waals surface area contributed by atoms with Gasteiger partial charge in [-0.1, -0.05) is 13.3 Å². The predicted octanol–water partition coefficient (Wildman–Crippen LogP) is 3.08. The normalized spacial score (nSPS) is 10.5. The smallest absolute Gasteiger partial charge is 0.222 e. The highest BCUT2D eigenvalue weighted by Crippen LogP contribution is 2.27. The van der Waals surface area contributed by atoms with Crippen LogP contribution in [0, 0.1) is 11.6 Å². The zero-order chi connectivity index (χ0) is 13.8. The minimum absolute atomic E-state index is 0.168. The van der Waals surface area contributed by atoms with E-state index in [0.717, 1.165) is 30.7 Å². The van der Waals surface area contributed by atoms with Crippen molar-refractivity contribution in [2.24, 2.45) is 0 Å². The lowest BCUT2D eigenvalue weighted by Gasteiger charge is -2.07. The summed E-state index contributed by atoms with van der Waals surface area (Å²) < 4.78 is 32.0. The van der Waals surface area contributed by atoms with Gasteiger partial charge in [-0.15, -0.1) is 0 Å². The zero-order valence-corrected chi connectivity index (χ0v) is 10.4. The second-order valence-electron chi connectivity index (χ2n) is 4.00. The second kappa shape index (κ2) is 5.60. The lowest BCUT2D eigenvalue weighted by molar-refractivity contribution is 0.421. The van der Waals surface area contributed by atoms with Crippen LogP contribution in [0.25, 0.3) is 0 Å². The molecule has 1 heterocycles. The van der Waals surface area contributed by atoms with Gasteiger partial charge in [-0.25, -0.2) is 18.7 Å². The first-order valence-electron chi connectivity index (χ1n) is 5.83. The van der Waals surface area contributed by atoms with E-state index in [2.05, 4.69) is 9.97 Å². The maximum Gasteiger partial charge on any atom is 0.222 e. The maximum absolute atomic E-state index is 13.5. The van der Waals surface area contributed by atoms with Crippen LogP contribution in [0.4, 0.5) is 14.5 Å². The summed E-state index contributed by atoms with van der Waals surface area (Å²) in [5, 5.41) is 0. The molecule has 100 valence electrons. The Morgan fingerprint density at radius 2 is 1.95 bits per heavy atom. The summed E-state index contributed by atoms with van der Waals surface area (Å²) in [6, 6.07) is 3.36. The molecule has 0 aliphatic carbocycles. The maximum atomic E-state index is 13.5. The molecule has 0 spiro atoms. The molecule has 0 atom stereocenters. The molecule has 0 fully saturated rings. The molecule has 6 heteroatoms. The Morgan fingerprint density at radius 3 is 2.68 bits per heavy atom. The third kappa shape index (κ3) is 3.15. The zero-order valence-electron chi connectivity index (χ0n) is 10.4. The molecule has 2 N–H and O–H groups in total.